The Balaban J connectivity index is 1.99. The molecule has 0 radical (unpaired) electrons. The van der Waals surface area contributed by atoms with E-state index in [0.29, 0.717) is 45.9 Å². The fourth-order valence-electron chi connectivity index (χ4n) is 2.32. The highest BCUT2D eigenvalue weighted by Gasteiger charge is 2.25. The van der Waals surface area contributed by atoms with Crippen molar-refractivity contribution in [2.45, 2.75) is 0 Å². The van der Waals surface area contributed by atoms with Crippen LogP contribution >= 0.6 is 23.2 Å². The van der Waals surface area contributed by atoms with Gasteiger partial charge in [-0.05, 0) is 18.2 Å². The first-order valence-corrected chi connectivity index (χ1v) is 7.29. The van der Waals surface area contributed by atoms with Crippen LogP contribution < -0.4 is 14.4 Å². The Hall–Kier alpha value is -1.98. The van der Waals surface area contributed by atoms with E-state index >= 15 is 0 Å². The maximum absolute atomic E-state index is 12.8. The third-order valence-electron chi connectivity index (χ3n) is 3.32. The van der Waals surface area contributed by atoms with Gasteiger partial charge in [-0.15, -0.1) is 0 Å². The molecule has 2 aromatic rings. The normalized spacial score (nSPS) is 13.3. The number of carbonyl (C=O) groups is 1. The summed E-state index contributed by atoms with van der Waals surface area (Å²) >= 11 is 12.2. The number of ether oxygens (including phenoxy) is 2. The molecule has 5 nitrogen and oxygen atoms in total. The number of methoxy groups -OCH3 is 1. The Morgan fingerprint density at radius 3 is 2.77 bits per heavy atom. The summed E-state index contributed by atoms with van der Waals surface area (Å²) in [6.45, 7) is 0.846. The number of halogens is 2. The molecule has 0 bridgehead atoms. The topological polar surface area (TPSA) is 51.7 Å². The third kappa shape index (κ3) is 2.58. The Bertz CT molecular complexity index is 713. The molecule has 1 aliphatic rings. The Morgan fingerprint density at radius 2 is 2.09 bits per heavy atom. The number of aromatic nitrogens is 1. The number of fused-ring (bicyclic) bond motifs is 1. The molecule has 3 rings (SSSR count). The van der Waals surface area contributed by atoms with Gasteiger partial charge < -0.3 is 14.4 Å². The Morgan fingerprint density at radius 1 is 1.36 bits per heavy atom. The zero-order valence-electron chi connectivity index (χ0n) is 11.7. The molecule has 0 saturated carbocycles. The molecule has 114 valence electrons. The molecule has 22 heavy (non-hydrogen) atoms. The molecule has 0 aliphatic carbocycles. The van der Waals surface area contributed by atoms with Crippen LogP contribution in [0.5, 0.6) is 11.5 Å². The highest BCUT2D eigenvalue weighted by Crippen LogP contribution is 2.36. The average molecular weight is 339 g/mol. The zero-order valence-corrected chi connectivity index (χ0v) is 13.2. The monoisotopic (exact) mass is 338 g/mol. The van der Waals surface area contributed by atoms with Crippen molar-refractivity contribution in [3.05, 3.63) is 46.2 Å². The van der Waals surface area contributed by atoms with Gasteiger partial charge in [0.1, 0.15) is 6.61 Å². The minimum absolute atomic E-state index is 0.206. The molecule has 0 saturated heterocycles. The fraction of sp³-hybridized carbons (Fsp3) is 0.200. The van der Waals surface area contributed by atoms with Crippen molar-refractivity contribution in [3.63, 3.8) is 0 Å². The van der Waals surface area contributed by atoms with Gasteiger partial charge in [0.2, 0.25) is 0 Å². The molecule has 0 atom stereocenters. The molecule has 0 spiro atoms. The minimum Gasteiger partial charge on any atom is -0.494 e. The van der Waals surface area contributed by atoms with Crippen molar-refractivity contribution in [2.75, 3.05) is 25.2 Å². The van der Waals surface area contributed by atoms with E-state index in [2.05, 4.69) is 4.98 Å². The van der Waals surface area contributed by atoms with E-state index in [1.54, 1.807) is 35.5 Å². The maximum atomic E-state index is 12.8. The molecule has 1 aromatic carbocycles. The van der Waals surface area contributed by atoms with E-state index in [1.165, 1.54) is 7.11 Å². The largest absolute Gasteiger partial charge is 0.494 e. The first kappa shape index (κ1) is 14.9. The van der Waals surface area contributed by atoms with Gasteiger partial charge in [-0.2, -0.15) is 0 Å². The minimum atomic E-state index is -0.206. The molecule has 0 N–H and O–H groups in total. The van der Waals surface area contributed by atoms with Crippen LogP contribution in [0.1, 0.15) is 10.4 Å². The molecular formula is C15H12Cl2N2O3. The number of pyridine rings is 1. The van der Waals surface area contributed by atoms with Crippen LogP contribution in [0.2, 0.25) is 10.0 Å². The molecular weight excluding hydrogens is 327 g/mol. The van der Waals surface area contributed by atoms with Crippen LogP contribution in [-0.4, -0.2) is 31.2 Å². The van der Waals surface area contributed by atoms with Crippen molar-refractivity contribution in [2.24, 2.45) is 0 Å². The first-order valence-electron chi connectivity index (χ1n) is 6.53. The average Bonchev–Trinajstić information content (AvgIpc) is 2.53. The molecule has 0 fully saturated rings. The molecule has 0 unspecified atom stereocenters. The predicted molar refractivity (Wildman–Crippen MR) is 84.4 cm³/mol. The lowest BCUT2D eigenvalue weighted by Gasteiger charge is -2.29. The summed E-state index contributed by atoms with van der Waals surface area (Å²) in [6, 6.07) is 4.83. The van der Waals surface area contributed by atoms with Gasteiger partial charge in [0.15, 0.2) is 11.5 Å². The van der Waals surface area contributed by atoms with E-state index in [9.17, 15) is 4.79 Å². The molecule has 7 heteroatoms. The Kier molecular flexibility index (Phi) is 4.09. The van der Waals surface area contributed by atoms with E-state index in [-0.39, 0.29) is 5.91 Å². The summed E-state index contributed by atoms with van der Waals surface area (Å²) < 4.78 is 10.6. The van der Waals surface area contributed by atoms with E-state index in [0.717, 1.165) is 0 Å². The van der Waals surface area contributed by atoms with Gasteiger partial charge in [-0.1, -0.05) is 23.2 Å². The highest BCUT2D eigenvalue weighted by atomic mass is 35.5. The van der Waals surface area contributed by atoms with Gasteiger partial charge in [0, 0.05) is 11.8 Å². The number of rotatable bonds is 2. The zero-order chi connectivity index (χ0) is 15.7. The molecule has 2 heterocycles. The summed E-state index contributed by atoms with van der Waals surface area (Å²) in [7, 11) is 1.47. The predicted octanol–water partition coefficient (Wildman–Crippen LogP) is 3.44. The maximum Gasteiger partial charge on any atom is 0.258 e. The number of nitrogens with zero attached hydrogens (tertiary/aromatic N) is 2. The van der Waals surface area contributed by atoms with Crippen molar-refractivity contribution >= 4 is 34.8 Å². The van der Waals surface area contributed by atoms with Crippen LogP contribution in [-0.2, 0) is 0 Å². The van der Waals surface area contributed by atoms with Crippen LogP contribution in [0.15, 0.2) is 30.6 Å². The quantitative estimate of drug-likeness (QED) is 0.841. The second-order valence-corrected chi connectivity index (χ2v) is 5.44. The summed E-state index contributed by atoms with van der Waals surface area (Å²) in [5.74, 6) is 0.724. The third-order valence-corrected chi connectivity index (χ3v) is 3.88. The number of benzene rings is 1. The van der Waals surface area contributed by atoms with Gasteiger partial charge >= 0.3 is 0 Å². The van der Waals surface area contributed by atoms with Crippen molar-refractivity contribution in [3.8, 4) is 11.5 Å². The Labute approximate surface area is 137 Å². The number of hydrogen-bond acceptors (Lipinski definition) is 4. The standard InChI is InChI=1S/C15H12Cl2N2O3/c1-21-14-10(16)6-9(7-11(14)17)15(20)19-4-5-22-13-8-18-3-2-12(13)19/h2-3,6-8H,4-5H2,1H3. The van der Waals surface area contributed by atoms with Gasteiger partial charge in [0.25, 0.3) is 5.91 Å². The smallest absolute Gasteiger partial charge is 0.258 e. The van der Waals surface area contributed by atoms with Crippen LogP contribution in [0.3, 0.4) is 0 Å². The molecule has 1 aliphatic heterocycles. The lowest BCUT2D eigenvalue weighted by molar-refractivity contribution is 0.0976. The van der Waals surface area contributed by atoms with Gasteiger partial charge in [0.05, 0.1) is 35.6 Å². The van der Waals surface area contributed by atoms with Gasteiger partial charge in [-0.25, -0.2) is 0 Å². The summed E-state index contributed by atoms with van der Waals surface area (Å²) in [6.07, 6.45) is 3.20. The molecule has 1 amide bonds. The van der Waals surface area contributed by atoms with Crippen LogP contribution in [0.4, 0.5) is 5.69 Å². The van der Waals surface area contributed by atoms with Gasteiger partial charge in [-0.3, -0.25) is 9.78 Å². The second kappa shape index (κ2) is 6.02. The SMILES string of the molecule is COc1c(Cl)cc(C(=O)N2CCOc3cnccc32)cc1Cl. The summed E-state index contributed by atoms with van der Waals surface area (Å²) in [4.78, 5) is 18.4. The summed E-state index contributed by atoms with van der Waals surface area (Å²) in [5.41, 5.74) is 1.06. The van der Waals surface area contributed by atoms with Crippen LogP contribution in [0.25, 0.3) is 0 Å². The van der Waals surface area contributed by atoms with Crippen LogP contribution in [0, 0.1) is 0 Å². The first-order chi connectivity index (χ1) is 10.6. The second-order valence-electron chi connectivity index (χ2n) is 4.62. The number of amides is 1. The number of carbonyl (C=O) groups excluding carboxylic acids is 1. The lowest BCUT2D eigenvalue weighted by atomic mass is 10.1. The van der Waals surface area contributed by atoms with Crippen molar-refractivity contribution < 1.29 is 14.3 Å². The summed E-state index contributed by atoms with van der Waals surface area (Å²) in [5, 5.41) is 0.586. The number of hydrogen-bond donors (Lipinski definition) is 0. The van der Waals surface area contributed by atoms with E-state index in [4.69, 9.17) is 32.7 Å². The molecule has 1 aromatic heterocycles. The van der Waals surface area contributed by atoms with E-state index < -0.39 is 0 Å². The fourth-order valence-corrected chi connectivity index (χ4v) is 2.96. The van der Waals surface area contributed by atoms with E-state index in [1.807, 2.05) is 0 Å². The van der Waals surface area contributed by atoms with Crippen molar-refractivity contribution in [1.29, 1.82) is 0 Å². The lowest BCUT2D eigenvalue weighted by Crippen LogP contribution is -2.38. The van der Waals surface area contributed by atoms with Crippen molar-refractivity contribution in [1.82, 2.24) is 4.98 Å². The number of anilines is 1. The highest BCUT2D eigenvalue weighted by molar-refractivity contribution is 6.37.